The number of aryl methyl sites for hydroxylation is 1. The van der Waals surface area contributed by atoms with Gasteiger partial charge in [-0.25, -0.2) is 0 Å². The Bertz CT molecular complexity index is 458. The van der Waals surface area contributed by atoms with E-state index in [1.54, 1.807) is 11.3 Å². The van der Waals surface area contributed by atoms with Gasteiger partial charge in [0.2, 0.25) is 0 Å². The Hall–Kier alpha value is -0.390. The lowest BCUT2D eigenvalue weighted by Gasteiger charge is -2.27. The maximum Gasteiger partial charge on any atom is 0.320 e. The van der Waals surface area contributed by atoms with E-state index in [2.05, 4.69) is 41.2 Å². The number of nitrogens with one attached hydrogen (secondary N) is 1. The number of fused-ring (bicyclic) bond motifs is 1. The molecule has 2 unspecified atom stereocenters. The number of halogens is 1. The minimum Gasteiger partial charge on any atom is -0.480 e. The molecule has 5 heteroatoms. The van der Waals surface area contributed by atoms with E-state index >= 15 is 0 Å². The molecule has 2 N–H and O–H groups in total. The first-order chi connectivity index (χ1) is 8.97. The SMILES string of the molecule is CC(C)CC(NC1CCCc2sc(Br)cc21)C(=O)O. The Morgan fingerprint density at radius 2 is 2.37 bits per heavy atom. The van der Waals surface area contributed by atoms with Gasteiger partial charge in [0.25, 0.3) is 0 Å². The van der Waals surface area contributed by atoms with Crippen molar-refractivity contribution in [1.82, 2.24) is 5.32 Å². The third-order valence-corrected chi connectivity index (χ3v) is 5.20. The fourth-order valence-corrected chi connectivity index (χ4v) is 4.47. The van der Waals surface area contributed by atoms with Crippen LogP contribution in [0.15, 0.2) is 9.85 Å². The maximum absolute atomic E-state index is 11.4. The van der Waals surface area contributed by atoms with E-state index in [1.165, 1.54) is 10.4 Å². The third kappa shape index (κ3) is 3.80. The molecule has 0 amide bonds. The number of thiophene rings is 1. The second-order valence-electron chi connectivity index (χ2n) is 5.56. The molecule has 2 atom stereocenters. The van der Waals surface area contributed by atoms with Crippen LogP contribution in [0, 0.1) is 5.92 Å². The number of aliphatic carboxylic acids is 1. The number of hydrogen-bond donors (Lipinski definition) is 2. The van der Waals surface area contributed by atoms with Gasteiger partial charge < -0.3 is 5.11 Å². The van der Waals surface area contributed by atoms with Crippen LogP contribution in [-0.4, -0.2) is 17.1 Å². The normalized spacial score (nSPS) is 20.3. The van der Waals surface area contributed by atoms with Gasteiger partial charge in [-0.2, -0.15) is 0 Å². The average Bonchev–Trinajstić information content (AvgIpc) is 2.68. The number of carboxylic acids is 1. The molecule has 0 saturated carbocycles. The molecule has 1 aromatic heterocycles. The van der Waals surface area contributed by atoms with E-state index in [-0.39, 0.29) is 6.04 Å². The molecule has 19 heavy (non-hydrogen) atoms. The van der Waals surface area contributed by atoms with Crippen LogP contribution in [0.25, 0.3) is 0 Å². The van der Waals surface area contributed by atoms with E-state index < -0.39 is 12.0 Å². The van der Waals surface area contributed by atoms with Gasteiger partial charge in [0, 0.05) is 10.9 Å². The van der Waals surface area contributed by atoms with Crippen molar-refractivity contribution in [3.05, 3.63) is 20.3 Å². The highest BCUT2D eigenvalue weighted by atomic mass is 79.9. The van der Waals surface area contributed by atoms with Crippen LogP contribution in [0.4, 0.5) is 0 Å². The molecule has 1 aliphatic rings. The fraction of sp³-hybridized carbons (Fsp3) is 0.643. The summed E-state index contributed by atoms with van der Waals surface area (Å²) >= 11 is 5.30. The minimum atomic E-state index is -0.741. The topological polar surface area (TPSA) is 49.3 Å². The first-order valence-corrected chi connectivity index (χ1v) is 8.35. The number of carbonyl (C=O) groups is 1. The van der Waals surface area contributed by atoms with Gasteiger partial charge in [-0.1, -0.05) is 13.8 Å². The smallest absolute Gasteiger partial charge is 0.320 e. The summed E-state index contributed by atoms with van der Waals surface area (Å²) in [6, 6.07) is 1.88. The minimum absolute atomic E-state index is 0.186. The lowest BCUT2D eigenvalue weighted by atomic mass is 9.92. The first kappa shape index (κ1) is 15.0. The fourth-order valence-electron chi connectivity index (χ4n) is 2.65. The largest absolute Gasteiger partial charge is 0.480 e. The van der Waals surface area contributed by atoms with Crippen LogP contribution in [-0.2, 0) is 11.2 Å². The summed E-state index contributed by atoms with van der Waals surface area (Å²) < 4.78 is 1.14. The number of hydrogen-bond acceptors (Lipinski definition) is 3. The van der Waals surface area contributed by atoms with E-state index in [4.69, 9.17) is 0 Å². The lowest BCUT2D eigenvalue weighted by molar-refractivity contribution is -0.140. The number of rotatable bonds is 5. The summed E-state index contributed by atoms with van der Waals surface area (Å²) in [6.45, 7) is 4.12. The van der Waals surface area contributed by atoms with Crippen molar-refractivity contribution in [3.8, 4) is 0 Å². The van der Waals surface area contributed by atoms with Gasteiger partial charge in [-0.05, 0) is 59.2 Å². The van der Waals surface area contributed by atoms with Gasteiger partial charge >= 0.3 is 5.97 Å². The third-order valence-electron chi connectivity index (χ3n) is 3.49. The molecule has 3 nitrogen and oxygen atoms in total. The molecular weight excluding hydrogens is 326 g/mol. The highest BCUT2D eigenvalue weighted by Crippen LogP contribution is 2.38. The molecule has 1 aromatic rings. The van der Waals surface area contributed by atoms with Gasteiger partial charge in [-0.3, -0.25) is 10.1 Å². The molecule has 1 aliphatic carbocycles. The standard InChI is InChI=1S/C14H20BrNO2S/c1-8(2)6-11(14(17)18)16-10-4-3-5-12-9(10)7-13(15)19-12/h7-8,10-11,16H,3-6H2,1-2H3,(H,17,18). The zero-order valence-corrected chi connectivity index (χ0v) is 13.7. The lowest BCUT2D eigenvalue weighted by Crippen LogP contribution is -2.40. The zero-order chi connectivity index (χ0) is 14.0. The molecule has 0 saturated heterocycles. The monoisotopic (exact) mass is 345 g/mol. The highest BCUT2D eigenvalue weighted by Gasteiger charge is 2.27. The quantitative estimate of drug-likeness (QED) is 0.848. The molecule has 0 radical (unpaired) electrons. The van der Waals surface area contributed by atoms with Crippen LogP contribution in [0.2, 0.25) is 0 Å². The Morgan fingerprint density at radius 1 is 1.63 bits per heavy atom. The summed E-state index contributed by atoms with van der Waals surface area (Å²) in [5.41, 5.74) is 1.29. The zero-order valence-electron chi connectivity index (χ0n) is 11.3. The molecule has 2 rings (SSSR count). The van der Waals surface area contributed by atoms with E-state index in [9.17, 15) is 9.90 Å². The van der Waals surface area contributed by atoms with Gasteiger partial charge in [0.1, 0.15) is 6.04 Å². The molecule has 0 aliphatic heterocycles. The van der Waals surface area contributed by atoms with Crippen molar-refractivity contribution < 1.29 is 9.90 Å². The van der Waals surface area contributed by atoms with Crippen molar-refractivity contribution in [2.24, 2.45) is 5.92 Å². The predicted octanol–water partition coefficient (Wildman–Crippen LogP) is 3.98. The Kier molecular flexibility index (Phi) is 5.03. The molecule has 0 spiro atoms. The summed E-state index contributed by atoms with van der Waals surface area (Å²) in [4.78, 5) is 12.7. The van der Waals surface area contributed by atoms with Crippen LogP contribution < -0.4 is 5.32 Å². The second kappa shape index (κ2) is 6.37. The van der Waals surface area contributed by atoms with Gasteiger partial charge in [0.15, 0.2) is 0 Å². The summed E-state index contributed by atoms with van der Waals surface area (Å²) in [6.07, 6.45) is 3.95. The maximum atomic E-state index is 11.4. The Morgan fingerprint density at radius 3 is 3.00 bits per heavy atom. The molecular formula is C14H20BrNO2S. The van der Waals surface area contributed by atoms with E-state index in [0.717, 1.165) is 23.0 Å². The van der Waals surface area contributed by atoms with Crippen molar-refractivity contribution in [2.75, 3.05) is 0 Å². The summed E-state index contributed by atoms with van der Waals surface area (Å²) in [5, 5.41) is 12.7. The second-order valence-corrected chi connectivity index (χ2v) is 8.08. The van der Waals surface area contributed by atoms with Crippen molar-refractivity contribution in [3.63, 3.8) is 0 Å². The van der Waals surface area contributed by atoms with E-state index in [0.29, 0.717) is 12.3 Å². The van der Waals surface area contributed by atoms with Crippen molar-refractivity contribution >= 4 is 33.2 Å². The van der Waals surface area contributed by atoms with Crippen molar-refractivity contribution in [1.29, 1.82) is 0 Å². The van der Waals surface area contributed by atoms with Gasteiger partial charge in [0.05, 0.1) is 3.79 Å². The Labute approximate surface area is 126 Å². The molecule has 106 valence electrons. The van der Waals surface area contributed by atoms with Crippen LogP contribution in [0.3, 0.4) is 0 Å². The predicted molar refractivity (Wildman–Crippen MR) is 81.7 cm³/mol. The molecule has 0 bridgehead atoms. The van der Waals surface area contributed by atoms with Crippen molar-refractivity contribution in [2.45, 2.75) is 51.6 Å². The van der Waals surface area contributed by atoms with E-state index in [1.807, 2.05) is 0 Å². The van der Waals surface area contributed by atoms with Crippen LogP contribution in [0.1, 0.15) is 49.6 Å². The first-order valence-electron chi connectivity index (χ1n) is 6.74. The van der Waals surface area contributed by atoms with Crippen LogP contribution >= 0.6 is 27.3 Å². The average molecular weight is 346 g/mol. The summed E-state index contributed by atoms with van der Waals surface area (Å²) in [7, 11) is 0. The highest BCUT2D eigenvalue weighted by molar-refractivity contribution is 9.11. The molecule has 0 fully saturated rings. The van der Waals surface area contributed by atoms with Crippen LogP contribution in [0.5, 0.6) is 0 Å². The van der Waals surface area contributed by atoms with Gasteiger partial charge in [-0.15, -0.1) is 11.3 Å². The molecule has 1 heterocycles. The number of carboxylic acid groups (broad SMARTS) is 1. The Balaban J connectivity index is 2.12. The summed E-state index contributed by atoms with van der Waals surface area (Å²) in [5.74, 6) is -0.360. The molecule has 0 aromatic carbocycles.